The van der Waals surface area contributed by atoms with Gasteiger partial charge in [0.05, 0.1) is 40.0 Å². The van der Waals surface area contributed by atoms with Crippen LogP contribution in [-0.2, 0) is 57.3 Å². The molecule has 0 bridgehead atoms. The van der Waals surface area contributed by atoms with Crippen LogP contribution < -0.4 is 15.7 Å². The van der Waals surface area contributed by atoms with E-state index in [-0.39, 0.29) is 94.5 Å². The van der Waals surface area contributed by atoms with Crippen molar-refractivity contribution < 1.29 is 82.8 Å². The number of terminal acetylenes is 1. The maximum Gasteiger partial charge on any atom is 0.385 e. The van der Waals surface area contributed by atoms with Crippen LogP contribution >= 0.6 is 0 Å². The molecule has 0 aliphatic carbocycles. The molecule has 4 N–H and O–H groups in total. The fourth-order valence-corrected chi connectivity index (χ4v) is 6.81. The third kappa shape index (κ3) is 106. The number of esters is 4. The van der Waals surface area contributed by atoms with Crippen molar-refractivity contribution in [3.63, 3.8) is 0 Å². The number of unbranched alkanes of at least 4 members (excludes halogenated alkanes) is 11. The van der Waals surface area contributed by atoms with Gasteiger partial charge in [-0.2, -0.15) is 9.59 Å². The molecule has 2 amide bonds. The van der Waals surface area contributed by atoms with Gasteiger partial charge in [0.2, 0.25) is 11.8 Å². The predicted octanol–water partition coefficient (Wildman–Crippen LogP) is 13.3. The smallest absolute Gasteiger partial charge is 0.385 e. The highest BCUT2D eigenvalue weighted by Crippen LogP contribution is 2.12. The largest absolute Gasteiger partial charge is 0.876 e. The molecule has 0 fully saturated rings. The molecule has 0 atom stereocenters. The first-order valence-corrected chi connectivity index (χ1v) is 31.7. The Labute approximate surface area is 568 Å². The summed E-state index contributed by atoms with van der Waals surface area (Å²) in [7, 11) is 9.71. The van der Waals surface area contributed by atoms with Crippen LogP contribution in [0, 0.1) is 36.0 Å². The second kappa shape index (κ2) is 94.7. The lowest BCUT2D eigenvalue weighted by atomic mass is 10.1. The van der Waals surface area contributed by atoms with Gasteiger partial charge in [-0.25, -0.2) is 4.79 Å². The highest BCUT2D eigenvalue weighted by molar-refractivity contribution is 5.89. The van der Waals surface area contributed by atoms with Crippen LogP contribution in [0.3, 0.4) is 0 Å². The minimum Gasteiger partial charge on any atom is -0.876 e. The van der Waals surface area contributed by atoms with Crippen molar-refractivity contribution in [1.82, 2.24) is 20.0 Å². The maximum atomic E-state index is 11.6. The average Bonchev–Trinajstić information content (AvgIpc) is 1.61. The van der Waals surface area contributed by atoms with Crippen molar-refractivity contribution in [2.75, 3.05) is 101 Å². The SMILES string of the molecule is C.C.C.C.C#CC#CC#CC(=O)OCCCCC(=O)OCCCCCC(=C)N(C)CCC.C=C([O-])CCCCCOC(=O)CCCCOC(=O)CCCCCCC.C=CC(=O)N(C)CCC.CCCN(C)C(=O)CCCCO.CCCNC.CCC[NH2+]C.O=C=O.[HH].[HH].[HH].[HH].[HH].[HH].[HH]. The molecule has 0 spiro atoms. The molecule has 0 heterocycles. The number of allylic oxidation sites excluding steroid dienone is 2. The molecule has 0 aromatic carbocycles. The molecule has 0 aromatic rings. The Bertz CT molecular complexity index is 1920. The van der Waals surface area contributed by atoms with Gasteiger partial charge in [0, 0.05) is 94.7 Å². The number of quaternary nitrogens is 1. The number of ether oxygens (including phenoxy) is 4. The molecule has 0 saturated carbocycles. The van der Waals surface area contributed by atoms with E-state index < -0.39 is 5.97 Å². The van der Waals surface area contributed by atoms with Gasteiger partial charge in [-0.1, -0.05) is 117 Å². The molecule has 19 heteroatoms. The van der Waals surface area contributed by atoms with Crippen LogP contribution in [-0.4, -0.2) is 163 Å². The van der Waals surface area contributed by atoms with Crippen LogP contribution in [0.5, 0.6) is 0 Å². The normalized spacial score (nSPS) is 8.82. The lowest BCUT2D eigenvalue weighted by Crippen LogP contribution is -2.79. The molecule has 0 aromatic heterocycles. The summed E-state index contributed by atoms with van der Waals surface area (Å²) < 4.78 is 20.4. The topological polar surface area (TPSA) is 255 Å². The molecule has 91 heavy (non-hydrogen) atoms. The summed E-state index contributed by atoms with van der Waals surface area (Å²) in [6.45, 7) is 30.2. The van der Waals surface area contributed by atoms with Gasteiger partial charge in [-0.15, -0.1) is 18.8 Å². The Morgan fingerprint density at radius 1 is 0.549 bits per heavy atom. The molecule has 0 aliphatic rings. The number of aliphatic hydroxyl groups is 1. The first kappa shape index (κ1) is 109. The zero-order chi connectivity index (χ0) is 67.4. The van der Waals surface area contributed by atoms with Crippen LogP contribution in [0.2, 0.25) is 0 Å². The number of amides is 2. The number of rotatable bonds is 44. The minimum absolute atomic E-state index is 0. The summed E-state index contributed by atoms with van der Waals surface area (Å²) in [5.41, 5.74) is 1.16. The molecule has 548 valence electrons. The molecule has 19 nitrogen and oxygen atoms in total. The van der Waals surface area contributed by atoms with Crippen LogP contribution in [0.25, 0.3) is 0 Å². The molecule has 0 aliphatic heterocycles. The lowest BCUT2D eigenvalue weighted by Gasteiger charge is -2.20. The van der Waals surface area contributed by atoms with Crippen molar-refractivity contribution in [2.24, 2.45) is 0 Å². The lowest BCUT2D eigenvalue weighted by molar-refractivity contribution is -0.626. The number of carbonyl (C=O) groups is 6. The second-order valence-electron chi connectivity index (χ2n) is 20.0. The third-order valence-electron chi connectivity index (χ3n) is 11.7. The number of carbonyl (C=O) groups excluding carboxylic acids is 8. The third-order valence-corrected chi connectivity index (χ3v) is 11.7. The van der Waals surface area contributed by atoms with E-state index in [1.165, 1.54) is 44.7 Å². The molecule has 0 radical (unpaired) electrons. The summed E-state index contributed by atoms with van der Waals surface area (Å²) in [6.07, 6.45) is 30.3. The minimum atomic E-state index is -0.655. The van der Waals surface area contributed by atoms with Gasteiger partial charge in [-0.3, -0.25) is 24.0 Å². The number of aliphatic hydroxyl groups excluding tert-OH is 1. The molecule has 0 rings (SSSR count). The highest BCUT2D eigenvalue weighted by Gasteiger charge is 2.08. The van der Waals surface area contributed by atoms with Crippen LogP contribution in [0.15, 0.2) is 37.3 Å². The maximum absolute atomic E-state index is 11.6. The van der Waals surface area contributed by atoms with E-state index in [1.807, 2.05) is 21.0 Å². The van der Waals surface area contributed by atoms with Gasteiger partial charge >= 0.3 is 30.0 Å². The monoisotopic (exact) mass is 1310 g/mol. The number of nitrogens with one attached hydrogen (secondary N) is 1. The zero-order valence-electron chi connectivity index (χ0n) is 56.3. The van der Waals surface area contributed by atoms with Gasteiger partial charge in [0.25, 0.3) is 0 Å². The van der Waals surface area contributed by atoms with E-state index >= 15 is 0 Å². The Kier molecular flexibility index (Phi) is 114. The number of nitrogens with two attached hydrogens (primary N) is 1. The average molecular weight is 1310 g/mol. The number of hydrogen-bond acceptors (Lipinski definition) is 16. The van der Waals surface area contributed by atoms with Crippen LogP contribution in [0.4, 0.5) is 0 Å². The van der Waals surface area contributed by atoms with E-state index in [0.717, 1.165) is 122 Å². The summed E-state index contributed by atoms with van der Waals surface area (Å²) in [6, 6.07) is 0. The Morgan fingerprint density at radius 2 is 0.956 bits per heavy atom. The van der Waals surface area contributed by atoms with Crippen molar-refractivity contribution in [3.8, 4) is 36.0 Å². The van der Waals surface area contributed by atoms with Crippen molar-refractivity contribution in [2.45, 2.75) is 251 Å². The molecule has 0 unspecified atom stereocenters. The second-order valence-corrected chi connectivity index (χ2v) is 20.0. The standard InChI is InChI=1S/C23H31NO4.C20H36O5.C9H19NO2.C7H13NO.2C4H11N.CO2.4CH4.7H2/c1-5-7-8-11-16-22(25)28-20-14-12-17-23(26)27-19-13-9-10-15-21(3)24(4)18-6-2;1-3-4-5-6-9-14-19(22)25-17-12-10-15-20(23)24-16-11-7-8-13-18(2)21;1-3-7-10(2)9(12)6-4-5-8-11;1-4-6-8(3)7(9)5-2;2*1-3-4-5-2;2-1-3;;;;;;;;;;;/h1H,3,6,9-10,12-15,17-20H2,2,4H3;21H,2-17H2,1H3;11H,3-8H2,1-2H3;5H,2,4,6H2,1,3H3;2*5H,3-4H2,1-2H3;;4*1H4;7*1H. The summed E-state index contributed by atoms with van der Waals surface area (Å²) in [4.78, 5) is 89.7. The summed E-state index contributed by atoms with van der Waals surface area (Å²) in [5, 5.41) is 24.4. The van der Waals surface area contributed by atoms with Crippen molar-refractivity contribution in [3.05, 3.63) is 37.3 Å². The van der Waals surface area contributed by atoms with E-state index in [0.29, 0.717) is 77.6 Å². The van der Waals surface area contributed by atoms with Gasteiger partial charge in [0.15, 0.2) is 0 Å². The fourth-order valence-electron chi connectivity index (χ4n) is 6.81. The zero-order valence-corrected chi connectivity index (χ0v) is 56.3. The van der Waals surface area contributed by atoms with Gasteiger partial charge in [0.1, 0.15) is 0 Å². The first-order valence-electron chi connectivity index (χ1n) is 31.7. The van der Waals surface area contributed by atoms with E-state index in [4.69, 9.17) is 40.1 Å². The number of nitrogens with zero attached hydrogens (tertiary/aromatic N) is 3. The van der Waals surface area contributed by atoms with E-state index in [1.54, 1.807) is 16.8 Å². The summed E-state index contributed by atoms with van der Waals surface area (Å²) in [5.74, 6) is 10.1. The Balaban J connectivity index is -0.0000000520. The summed E-state index contributed by atoms with van der Waals surface area (Å²) >= 11 is 0. The Hall–Kier alpha value is -6.42. The molecule has 0 saturated heterocycles. The fraction of sp³-hybridized carbons (Fsp3) is 0.736. The first-order chi connectivity index (χ1) is 41.7. The van der Waals surface area contributed by atoms with E-state index in [2.05, 4.69) is 114 Å². The van der Waals surface area contributed by atoms with Crippen molar-refractivity contribution in [1.29, 1.82) is 0 Å². The van der Waals surface area contributed by atoms with Gasteiger partial charge < -0.3 is 54.5 Å². The molecular formula is C72H151N5O14. The quantitative estimate of drug-likeness (QED) is 0.00975. The highest BCUT2D eigenvalue weighted by atomic mass is 16.5. The van der Waals surface area contributed by atoms with E-state index in [9.17, 15) is 33.9 Å². The molecular weight excluding hydrogens is 1160 g/mol. The van der Waals surface area contributed by atoms with Crippen LogP contribution in [0.1, 0.15) is 261 Å². The number of hydrogen-bond donors (Lipinski definition) is 3. The Morgan fingerprint density at radius 3 is 1.34 bits per heavy atom. The van der Waals surface area contributed by atoms with Gasteiger partial charge in [-0.05, 0) is 165 Å². The number of likely N-dealkylation sites (N-methyl/N-ethyl adjacent to an activating group) is 1. The van der Waals surface area contributed by atoms with Crippen molar-refractivity contribution >= 4 is 41.8 Å². The predicted molar refractivity (Wildman–Crippen MR) is 388 cm³/mol.